The third kappa shape index (κ3) is 1.50. The summed E-state index contributed by atoms with van der Waals surface area (Å²) >= 11 is 1.69. The molecule has 0 aliphatic rings. The molecule has 0 radical (unpaired) electrons. The van der Waals surface area contributed by atoms with Gasteiger partial charge in [0.05, 0.1) is 5.39 Å². The Balaban J connectivity index is 2.06. The van der Waals surface area contributed by atoms with Gasteiger partial charge in [-0.25, -0.2) is 14.5 Å². The van der Waals surface area contributed by atoms with Crippen LogP contribution in [0, 0.1) is 13.8 Å². The Morgan fingerprint density at radius 3 is 2.80 bits per heavy atom. The molecule has 20 heavy (non-hydrogen) atoms. The van der Waals surface area contributed by atoms with Gasteiger partial charge in [0.2, 0.25) is 5.82 Å². The molecule has 0 fully saturated rings. The normalized spacial score (nSPS) is 11.8. The van der Waals surface area contributed by atoms with Crippen molar-refractivity contribution in [3.63, 3.8) is 0 Å². The van der Waals surface area contributed by atoms with Gasteiger partial charge >= 0.3 is 0 Å². The minimum atomic E-state index is 0.628. The smallest absolute Gasteiger partial charge is 0.202 e. The number of hydrogen-bond acceptors (Lipinski definition) is 5. The van der Waals surface area contributed by atoms with E-state index in [-0.39, 0.29) is 0 Å². The second-order valence-electron chi connectivity index (χ2n) is 4.79. The summed E-state index contributed by atoms with van der Waals surface area (Å²) in [4.78, 5) is 11.4. The quantitative estimate of drug-likeness (QED) is 0.538. The molecule has 4 aromatic heterocycles. The van der Waals surface area contributed by atoms with Crippen molar-refractivity contribution >= 4 is 27.2 Å². The molecular weight excluding hydrogens is 272 g/mol. The first-order valence-corrected chi connectivity index (χ1v) is 7.06. The summed E-state index contributed by atoms with van der Waals surface area (Å²) in [6.07, 6.45) is 3.60. The summed E-state index contributed by atoms with van der Waals surface area (Å²) in [5, 5.41) is 9.90. The number of aromatic nitrogens is 6. The van der Waals surface area contributed by atoms with Crippen LogP contribution >= 0.6 is 11.3 Å². The van der Waals surface area contributed by atoms with Gasteiger partial charge in [-0.2, -0.15) is 5.10 Å². The zero-order chi connectivity index (χ0) is 13.9. The fourth-order valence-electron chi connectivity index (χ4n) is 2.29. The number of nitrogens with zero attached hydrogens (tertiary/aromatic N) is 6. The van der Waals surface area contributed by atoms with E-state index in [2.05, 4.69) is 34.0 Å². The number of hydrogen-bond donors (Lipinski definition) is 0. The van der Waals surface area contributed by atoms with E-state index in [9.17, 15) is 0 Å². The highest BCUT2D eigenvalue weighted by molar-refractivity contribution is 7.18. The average Bonchev–Trinajstić information content (AvgIpc) is 3.08. The van der Waals surface area contributed by atoms with Crippen molar-refractivity contribution in [3.05, 3.63) is 29.0 Å². The molecule has 0 aliphatic carbocycles. The van der Waals surface area contributed by atoms with Crippen molar-refractivity contribution in [2.75, 3.05) is 0 Å². The fourth-order valence-corrected chi connectivity index (χ4v) is 3.28. The fraction of sp³-hybridized carbons (Fsp3) is 0.231. The first kappa shape index (κ1) is 11.5. The van der Waals surface area contributed by atoms with Gasteiger partial charge in [-0.05, 0) is 25.5 Å². The van der Waals surface area contributed by atoms with E-state index in [0.29, 0.717) is 5.82 Å². The first-order valence-electron chi connectivity index (χ1n) is 6.24. The standard InChI is InChI=1S/C13H12N6S/c1-7-8(2)20-13-10(7)12-15-11(17-19(12)6-14-13)9-4-5-18(3)16-9/h4-6H,1-3H3. The largest absolute Gasteiger partial charge is 0.275 e. The van der Waals surface area contributed by atoms with E-state index in [1.165, 1.54) is 10.4 Å². The summed E-state index contributed by atoms with van der Waals surface area (Å²) in [6.45, 7) is 4.21. The van der Waals surface area contributed by atoms with Crippen molar-refractivity contribution in [2.24, 2.45) is 7.05 Å². The molecule has 4 aromatic rings. The summed E-state index contributed by atoms with van der Waals surface area (Å²) < 4.78 is 3.47. The predicted molar refractivity (Wildman–Crippen MR) is 77.8 cm³/mol. The molecule has 0 amide bonds. The second-order valence-corrected chi connectivity index (χ2v) is 5.99. The van der Waals surface area contributed by atoms with Crippen LogP contribution in [0.3, 0.4) is 0 Å². The Hall–Kier alpha value is -2.28. The van der Waals surface area contributed by atoms with Crippen LogP contribution in [0.25, 0.3) is 27.4 Å². The van der Waals surface area contributed by atoms with Crippen LogP contribution < -0.4 is 0 Å². The molecule has 0 spiro atoms. The van der Waals surface area contributed by atoms with Gasteiger partial charge in [0.25, 0.3) is 0 Å². The second kappa shape index (κ2) is 3.86. The SMILES string of the molecule is Cc1sc2ncn3nc(-c4ccn(C)n4)nc3c2c1C. The highest BCUT2D eigenvalue weighted by Gasteiger charge is 2.15. The van der Waals surface area contributed by atoms with Gasteiger partial charge < -0.3 is 0 Å². The monoisotopic (exact) mass is 284 g/mol. The number of fused-ring (bicyclic) bond motifs is 3. The Bertz CT molecular complexity index is 945. The minimum absolute atomic E-state index is 0.628. The van der Waals surface area contributed by atoms with Crippen LogP contribution in [0.1, 0.15) is 10.4 Å². The number of thiophene rings is 1. The molecule has 100 valence electrons. The lowest BCUT2D eigenvalue weighted by atomic mass is 10.2. The summed E-state index contributed by atoms with van der Waals surface area (Å²) in [6, 6.07) is 1.91. The van der Waals surface area contributed by atoms with Crippen LogP contribution in [-0.2, 0) is 7.05 Å². The molecule has 0 saturated heterocycles. The molecule has 0 bridgehead atoms. The number of rotatable bonds is 1. The van der Waals surface area contributed by atoms with Crippen molar-refractivity contribution in [3.8, 4) is 11.5 Å². The van der Waals surface area contributed by atoms with E-state index in [1.54, 1.807) is 26.9 Å². The van der Waals surface area contributed by atoms with Gasteiger partial charge in [0.1, 0.15) is 16.9 Å². The maximum atomic E-state index is 4.64. The van der Waals surface area contributed by atoms with Crippen molar-refractivity contribution in [2.45, 2.75) is 13.8 Å². The van der Waals surface area contributed by atoms with Gasteiger partial charge in [0.15, 0.2) is 5.65 Å². The molecule has 0 atom stereocenters. The lowest BCUT2D eigenvalue weighted by Gasteiger charge is -1.93. The molecule has 6 nitrogen and oxygen atoms in total. The molecule has 0 aliphatic heterocycles. The molecular formula is C13H12N6S. The van der Waals surface area contributed by atoms with Crippen molar-refractivity contribution in [1.29, 1.82) is 0 Å². The molecule has 0 unspecified atom stereocenters. The highest BCUT2D eigenvalue weighted by atomic mass is 32.1. The summed E-state index contributed by atoms with van der Waals surface area (Å²) in [7, 11) is 1.88. The number of aryl methyl sites for hydroxylation is 3. The lowest BCUT2D eigenvalue weighted by Crippen LogP contribution is -1.90. The van der Waals surface area contributed by atoms with Gasteiger partial charge in [-0.3, -0.25) is 4.68 Å². The molecule has 0 aromatic carbocycles. The van der Waals surface area contributed by atoms with E-state index < -0.39 is 0 Å². The maximum Gasteiger partial charge on any atom is 0.202 e. The van der Waals surface area contributed by atoms with Crippen LogP contribution in [0.2, 0.25) is 0 Å². The predicted octanol–water partition coefficient (Wildman–Crippen LogP) is 2.36. The van der Waals surface area contributed by atoms with Gasteiger partial charge in [-0.1, -0.05) is 0 Å². The lowest BCUT2D eigenvalue weighted by molar-refractivity contribution is 0.768. The van der Waals surface area contributed by atoms with Crippen molar-refractivity contribution in [1.82, 2.24) is 29.4 Å². The zero-order valence-electron chi connectivity index (χ0n) is 11.3. The third-order valence-electron chi connectivity index (χ3n) is 3.45. The van der Waals surface area contributed by atoms with Crippen LogP contribution in [0.4, 0.5) is 0 Å². The zero-order valence-corrected chi connectivity index (χ0v) is 12.1. The Morgan fingerprint density at radius 2 is 2.05 bits per heavy atom. The topological polar surface area (TPSA) is 60.9 Å². The summed E-state index contributed by atoms with van der Waals surface area (Å²) in [5.74, 6) is 0.628. The molecule has 4 rings (SSSR count). The minimum Gasteiger partial charge on any atom is -0.275 e. The maximum absolute atomic E-state index is 4.64. The molecule has 4 heterocycles. The Labute approximate surface area is 118 Å². The van der Waals surface area contributed by atoms with Crippen LogP contribution in [-0.4, -0.2) is 29.4 Å². The molecule has 0 saturated carbocycles. The third-order valence-corrected chi connectivity index (χ3v) is 4.56. The van der Waals surface area contributed by atoms with E-state index >= 15 is 0 Å². The van der Waals surface area contributed by atoms with E-state index in [0.717, 1.165) is 21.6 Å². The van der Waals surface area contributed by atoms with Crippen LogP contribution in [0.15, 0.2) is 18.6 Å². The van der Waals surface area contributed by atoms with Gasteiger partial charge in [-0.15, -0.1) is 16.4 Å². The highest BCUT2D eigenvalue weighted by Crippen LogP contribution is 2.31. The molecule has 0 N–H and O–H groups in total. The Morgan fingerprint density at radius 1 is 1.20 bits per heavy atom. The van der Waals surface area contributed by atoms with Crippen molar-refractivity contribution < 1.29 is 0 Å². The first-order chi connectivity index (χ1) is 9.63. The Kier molecular flexibility index (Phi) is 2.23. The van der Waals surface area contributed by atoms with E-state index in [4.69, 9.17) is 0 Å². The van der Waals surface area contributed by atoms with E-state index in [1.807, 2.05) is 19.3 Å². The van der Waals surface area contributed by atoms with Crippen LogP contribution in [0.5, 0.6) is 0 Å². The summed E-state index contributed by atoms with van der Waals surface area (Å²) in [5.41, 5.74) is 2.84. The average molecular weight is 284 g/mol. The molecule has 7 heteroatoms. The van der Waals surface area contributed by atoms with Gasteiger partial charge in [0, 0.05) is 18.1 Å².